The monoisotopic (exact) mass is 1160 g/mol. The van der Waals surface area contributed by atoms with Crippen LogP contribution >= 0.6 is 15.8 Å². The van der Waals surface area contributed by atoms with E-state index in [2.05, 4.69) is 267 Å². The van der Waals surface area contributed by atoms with Gasteiger partial charge in [0.25, 0.3) is 0 Å². The third kappa shape index (κ3) is 10.9. The van der Waals surface area contributed by atoms with E-state index in [0.29, 0.717) is 0 Å². The summed E-state index contributed by atoms with van der Waals surface area (Å²) < 4.78 is 0. The summed E-state index contributed by atoms with van der Waals surface area (Å²) in [5.41, 5.74) is 1.63. The molecule has 0 aliphatic rings. The van der Waals surface area contributed by atoms with Gasteiger partial charge >= 0.3 is 44.8 Å². The molecule has 0 spiro atoms. The van der Waals surface area contributed by atoms with Crippen LogP contribution in [0.2, 0.25) is 0 Å². The van der Waals surface area contributed by atoms with E-state index >= 15 is 0 Å². The van der Waals surface area contributed by atoms with Gasteiger partial charge in [0.05, 0.1) is 0 Å². The third-order valence-electron chi connectivity index (χ3n) is 13.5. The summed E-state index contributed by atoms with van der Waals surface area (Å²) in [4.78, 5) is 0. The number of hydrogen-bond donors (Lipinski definition) is 0. The van der Waals surface area contributed by atoms with Crippen molar-refractivity contribution < 1.29 is 44.8 Å². The average Bonchev–Trinajstić information content (AvgIpc) is 3.46. The van der Waals surface area contributed by atoms with Gasteiger partial charge in [0, 0.05) is 0 Å². The van der Waals surface area contributed by atoms with Gasteiger partial charge in [-0.2, -0.15) is 0 Å². The quantitative estimate of drug-likeness (QED) is 0.0512. The molecule has 0 saturated heterocycles. The fraction of sp³-hybridized carbons (Fsp3) is 0. The van der Waals surface area contributed by atoms with Gasteiger partial charge in [0.1, 0.15) is 47.7 Å². The van der Waals surface area contributed by atoms with Crippen molar-refractivity contribution in [2.75, 3.05) is 0 Å². The SMILES string of the molecule is [Ag+].[Ag+].[C-]#Cc1ccc2c(ccc3c4ccccc4ccc23)c1.[C-]#Cc1ccc2c(ccc3c4ccccc4ccc23)c1.c1ccc([PH+](c2ccccc2)c2ccccc2[PH+](c2ccccc2)c2ccccc2)cc1. The molecule has 0 nitrogen and oxygen atoms in total. The van der Waals surface area contributed by atoms with Gasteiger partial charge in [-0.05, 0) is 125 Å². The molecule has 0 radical (unpaired) electrons. The van der Waals surface area contributed by atoms with Gasteiger partial charge < -0.3 is 12.8 Å². The van der Waals surface area contributed by atoms with Crippen LogP contribution < -0.4 is 31.8 Å². The molecule has 0 amide bonds. The van der Waals surface area contributed by atoms with Crippen LogP contribution in [0.1, 0.15) is 11.1 Å². The van der Waals surface area contributed by atoms with E-state index in [1.54, 1.807) is 0 Å². The fourth-order valence-electron chi connectivity index (χ4n) is 10.1. The maximum atomic E-state index is 7.24. The van der Waals surface area contributed by atoms with Gasteiger partial charge in [0.2, 0.25) is 0 Å². The van der Waals surface area contributed by atoms with Crippen LogP contribution in [0.5, 0.6) is 0 Å². The van der Waals surface area contributed by atoms with Gasteiger partial charge in [0.15, 0.2) is 0 Å². The van der Waals surface area contributed by atoms with Crippen molar-refractivity contribution in [3.8, 4) is 11.8 Å². The molecule has 74 heavy (non-hydrogen) atoms. The Kier molecular flexibility index (Phi) is 17.0. The Morgan fingerprint density at radius 1 is 0.230 bits per heavy atom. The van der Waals surface area contributed by atoms with Crippen molar-refractivity contribution in [1.29, 1.82) is 0 Å². The number of rotatable bonds is 6. The molecule has 0 aliphatic heterocycles. The summed E-state index contributed by atoms with van der Waals surface area (Å²) in [5, 5.41) is 23.7. The first-order chi connectivity index (χ1) is 35.6. The van der Waals surface area contributed by atoms with Gasteiger partial charge in [-0.1, -0.05) is 194 Å². The average molecular weight is 1170 g/mol. The normalized spacial score (nSPS) is 10.7. The molecule has 13 aromatic carbocycles. The molecule has 358 valence electrons. The zero-order valence-corrected chi connectivity index (χ0v) is 45.1. The summed E-state index contributed by atoms with van der Waals surface area (Å²) in [6.07, 6.45) is 14.5. The molecule has 13 rings (SSSR count). The summed E-state index contributed by atoms with van der Waals surface area (Å²) in [6.45, 7) is 0. The van der Waals surface area contributed by atoms with E-state index in [-0.39, 0.29) is 44.8 Å². The second kappa shape index (κ2) is 24.3. The standard InChI is InChI=1S/C30H24P2.2C20H11.2Ag/c1-5-15-25(16-6-1)31(26-17-7-2-8-18-26)29-23-13-14-24-30(29)32(27-19-9-3-10-20-27)28-21-11-4-12-22-28;2*1-2-14-7-10-18-16(13-14)9-12-19-17-6-4-3-5-15(17)8-11-20(18)19;;/h1-24H;2*3-13H;;/q;2*-1;2*+1/p+2. The molecule has 0 fully saturated rings. The Hall–Kier alpha value is -7.12. The largest absolute Gasteiger partial charge is 1.00 e. The van der Waals surface area contributed by atoms with Crippen molar-refractivity contribution in [2.45, 2.75) is 0 Å². The molecular formula is C70H48Ag2P2+2. The Balaban J connectivity index is 0.000000140. The first-order valence-corrected chi connectivity index (χ1v) is 27.2. The molecule has 0 aliphatic carbocycles. The summed E-state index contributed by atoms with van der Waals surface area (Å²) in [5.74, 6) is 4.89. The minimum Gasteiger partial charge on any atom is -0.366 e. The molecule has 0 heterocycles. The van der Waals surface area contributed by atoms with Crippen LogP contribution in [-0.2, 0) is 44.8 Å². The Morgan fingerprint density at radius 2 is 0.486 bits per heavy atom. The maximum absolute atomic E-state index is 7.24. The molecule has 0 unspecified atom stereocenters. The van der Waals surface area contributed by atoms with Crippen LogP contribution in [0.3, 0.4) is 0 Å². The minimum atomic E-state index is -1.14. The van der Waals surface area contributed by atoms with Gasteiger partial charge in [-0.15, -0.1) is 35.4 Å². The predicted octanol–water partition coefficient (Wildman–Crippen LogP) is 14.8. The van der Waals surface area contributed by atoms with Gasteiger partial charge in [-0.3, -0.25) is 11.8 Å². The van der Waals surface area contributed by atoms with Crippen LogP contribution in [0.15, 0.2) is 279 Å². The van der Waals surface area contributed by atoms with E-state index in [4.69, 9.17) is 12.8 Å². The molecule has 13 aromatic rings. The first kappa shape index (κ1) is 51.8. The van der Waals surface area contributed by atoms with Crippen LogP contribution in [-0.4, -0.2) is 0 Å². The summed E-state index contributed by atoms with van der Waals surface area (Å²) in [6, 6.07) is 99.8. The van der Waals surface area contributed by atoms with Crippen molar-refractivity contribution >= 4 is 112 Å². The zero-order valence-electron chi connectivity index (χ0n) is 40.2. The van der Waals surface area contributed by atoms with Crippen molar-refractivity contribution in [3.05, 3.63) is 303 Å². The smallest absolute Gasteiger partial charge is 0.366 e. The molecular weight excluding hydrogens is 1120 g/mol. The number of fused-ring (bicyclic) bond motifs is 10. The van der Waals surface area contributed by atoms with Crippen molar-refractivity contribution in [1.82, 2.24) is 0 Å². The molecule has 0 N–H and O–H groups in total. The second-order valence-corrected chi connectivity index (χ2v) is 22.7. The first-order valence-electron chi connectivity index (χ1n) is 24.2. The van der Waals surface area contributed by atoms with Crippen molar-refractivity contribution in [3.63, 3.8) is 0 Å². The zero-order chi connectivity index (χ0) is 48.6. The van der Waals surface area contributed by atoms with E-state index < -0.39 is 15.8 Å². The molecule has 0 saturated carbocycles. The molecule has 0 bridgehead atoms. The fourth-order valence-corrected chi connectivity index (χ4v) is 16.1. The Labute approximate surface area is 468 Å². The van der Waals surface area contributed by atoms with Crippen molar-refractivity contribution in [2.24, 2.45) is 0 Å². The topological polar surface area (TPSA) is 0 Å². The molecule has 0 aromatic heterocycles. The van der Waals surface area contributed by atoms with E-state index in [9.17, 15) is 0 Å². The van der Waals surface area contributed by atoms with Crippen LogP contribution in [0.4, 0.5) is 0 Å². The summed E-state index contributed by atoms with van der Waals surface area (Å²) >= 11 is 0. The van der Waals surface area contributed by atoms with Crippen LogP contribution in [0, 0.1) is 24.7 Å². The number of hydrogen-bond acceptors (Lipinski definition) is 0. The Morgan fingerprint density at radius 3 is 0.811 bits per heavy atom. The summed E-state index contributed by atoms with van der Waals surface area (Å²) in [7, 11) is -2.28. The van der Waals surface area contributed by atoms with E-state index in [1.807, 2.05) is 24.3 Å². The minimum absolute atomic E-state index is 0. The second-order valence-electron chi connectivity index (χ2n) is 17.8. The van der Waals surface area contributed by atoms with E-state index in [0.717, 1.165) is 21.9 Å². The van der Waals surface area contributed by atoms with E-state index in [1.165, 1.54) is 85.7 Å². The van der Waals surface area contributed by atoms with Gasteiger partial charge in [-0.25, -0.2) is 0 Å². The number of benzene rings is 13. The Bertz CT molecular complexity index is 3780. The third-order valence-corrected chi connectivity index (χ3v) is 19.3. The predicted molar refractivity (Wildman–Crippen MR) is 317 cm³/mol. The van der Waals surface area contributed by atoms with Crippen LogP contribution in [0.25, 0.3) is 64.6 Å². The maximum Gasteiger partial charge on any atom is 1.00 e. The molecule has 4 heteroatoms. The molecule has 0 atom stereocenters.